The summed E-state index contributed by atoms with van der Waals surface area (Å²) in [7, 11) is 0. The molecule has 2 aromatic rings. The predicted molar refractivity (Wildman–Crippen MR) is 146 cm³/mol. The molecule has 0 radical (unpaired) electrons. The van der Waals surface area contributed by atoms with Crippen LogP contribution in [0.1, 0.15) is 83.1 Å². The van der Waals surface area contributed by atoms with Crippen LogP contribution in [-0.4, -0.2) is 16.6 Å². The molecule has 3 heteroatoms. The van der Waals surface area contributed by atoms with Crippen molar-refractivity contribution in [2.45, 2.75) is 77.6 Å². The average molecular weight is 492 g/mol. The summed E-state index contributed by atoms with van der Waals surface area (Å²) in [5.74, 6) is 2.55. The monoisotopic (exact) mass is 491 g/mol. The summed E-state index contributed by atoms with van der Waals surface area (Å²) in [5, 5.41) is 0. The minimum Gasteiger partial charge on any atom is -0.299 e. The summed E-state index contributed by atoms with van der Waals surface area (Å²) in [6.07, 6.45) is 14.8. The van der Waals surface area contributed by atoms with E-state index < -0.39 is 0 Å². The number of carbonyl (C=O) groups is 2. The van der Waals surface area contributed by atoms with Gasteiger partial charge >= 0.3 is 0 Å². The first-order chi connectivity index (χ1) is 17.9. The SMILES string of the molecule is C[C@]12C[C@H](c3ccc(-c4cccnc4)cc3)C3=C4CCC(=O)C=C4CC[C@H]3[C@@H]1CC[C@]2(C)C(=O)C1CC1. The molecule has 5 aliphatic rings. The summed E-state index contributed by atoms with van der Waals surface area (Å²) < 4.78 is 0. The van der Waals surface area contributed by atoms with Crippen LogP contribution in [0.4, 0.5) is 0 Å². The zero-order valence-electron chi connectivity index (χ0n) is 22.1. The highest BCUT2D eigenvalue weighted by molar-refractivity contribution is 5.93. The molecule has 3 nitrogen and oxygen atoms in total. The molecule has 1 aromatic carbocycles. The molecule has 0 unspecified atom stereocenters. The van der Waals surface area contributed by atoms with E-state index in [2.05, 4.69) is 49.2 Å². The van der Waals surface area contributed by atoms with Crippen molar-refractivity contribution in [3.8, 4) is 11.1 Å². The van der Waals surface area contributed by atoms with Crippen LogP contribution >= 0.6 is 0 Å². The summed E-state index contributed by atoms with van der Waals surface area (Å²) in [6.45, 7) is 4.79. The van der Waals surface area contributed by atoms with E-state index in [-0.39, 0.29) is 10.8 Å². The van der Waals surface area contributed by atoms with Gasteiger partial charge in [0.25, 0.3) is 0 Å². The van der Waals surface area contributed by atoms with Crippen LogP contribution in [0.5, 0.6) is 0 Å². The zero-order chi connectivity index (χ0) is 25.4. The van der Waals surface area contributed by atoms with Gasteiger partial charge in [-0.05, 0) is 109 Å². The molecule has 1 heterocycles. The molecule has 37 heavy (non-hydrogen) atoms. The molecule has 0 aliphatic heterocycles. The van der Waals surface area contributed by atoms with Gasteiger partial charge in [0.1, 0.15) is 5.78 Å². The van der Waals surface area contributed by atoms with Gasteiger partial charge in [0.15, 0.2) is 5.78 Å². The van der Waals surface area contributed by atoms with Crippen molar-refractivity contribution in [3.05, 3.63) is 77.2 Å². The van der Waals surface area contributed by atoms with Crippen molar-refractivity contribution in [1.29, 1.82) is 0 Å². The van der Waals surface area contributed by atoms with Gasteiger partial charge in [0, 0.05) is 36.1 Å². The first-order valence-electron chi connectivity index (χ1n) is 14.4. The van der Waals surface area contributed by atoms with Crippen LogP contribution < -0.4 is 0 Å². The van der Waals surface area contributed by atoms with Gasteiger partial charge in [-0.3, -0.25) is 14.6 Å². The number of fused-ring (bicyclic) bond motifs is 4. The Balaban J connectivity index is 1.35. The van der Waals surface area contributed by atoms with Crippen LogP contribution in [0, 0.1) is 28.6 Å². The van der Waals surface area contributed by atoms with Crippen LogP contribution in [0.3, 0.4) is 0 Å². The number of carbonyl (C=O) groups excluding carboxylic acids is 2. The molecule has 0 bridgehead atoms. The number of ketones is 2. The number of benzene rings is 1. The van der Waals surface area contributed by atoms with E-state index in [9.17, 15) is 9.59 Å². The van der Waals surface area contributed by atoms with E-state index in [1.807, 2.05) is 24.5 Å². The first kappa shape index (κ1) is 23.3. The number of rotatable bonds is 4. The minimum absolute atomic E-state index is 0.0137. The lowest BCUT2D eigenvalue weighted by molar-refractivity contribution is -0.138. The number of nitrogens with zero attached hydrogens (tertiary/aromatic N) is 1. The normalized spacial score (nSPS) is 34.9. The molecule has 0 amide bonds. The second-order valence-corrected chi connectivity index (χ2v) is 12.9. The van der Waals surface area contributed by atoms with E-state index in [1.165, 1.54) is 22.3 Å². The molecule has 5 atom stereocenters. The summed E-state index contributed by atoms with van der Waals surface area (Å²) in [5.41, 5.74) is 7.89. The van der Waals surface area contributed by atoms with Crippen LogP contribution in [0.25, 0.3) is 11.1 Å². The molecule has 3 saturated carbocycles. The fourth-order valence-corrected chi connectivity index (χ4v) is 8.84. The Labute approximate surface area is 220 Å². The van der Waals surface area contributed by atoms with Crippen molar-refractivity contribution in [2.75, 3.05) is 0 Å². The molecule has 0 saturated heterocycles. The lowest BCUT2D eigenvalue weighted by atomic mass is 9.48. The third-order valence-electron chi connectivity index (χ3n) is 11.1. The molecule has 190 valence electrons. The van der Waals surface area contributed by atoms with Crippen molar-refractivity contribution < 1.29 is 9.59 Å². The quantitative estimate of drug-likeness (QED) is 0.442. The van der Waals surface area contributed by atoms with E-state index in [0.717, 1.165) is 56.9 Å². The van der Waals surface area contributed by atoms with Crippen molar-refractivity contribution in [1.82, 2.24) is 4.98 Å². The Morgan fingerprint density at radius 3 is 2.49 bits per heavy atom. The van der Waals surface area contributed by atoms with Crippen molar-refractivity contribution in [3.63, 3.8) is 0 Å². The average Bonchev–Trinajstić information content (AvgIpc) is 3.73. The Kier molecular flexibility index (Phi) is 5.26. The van der Waals surface area contributed by atoms with E-state index in [4.69, 9.17) is 0 Å². The maximum atomic E-state index is 13.8. The van der Waals surface area contributed by atoms with Crippen LogP contribution in [0.15, 0.2) is 71.6 Å². The van der Waals surface area contributed by atoms with Gasteiger partial charge in [-0.15, -0.1) is 0 Å². The Bertz CT molecular complexity index is 1330. The maximum Gasteiger partial charge on any atom is 0.156 e. The maximum absolute atomic E-state index is 13.8. The van der Waals surface area contributed by atoms with Crippen LogP contribution in [-0.2, 0) is 9.59 Å². The Morgan fingerprint density at radius 2 is 1.76 bits per heavy atom. The van der Waals surface area contributed by atoms with E-state index in [1.54, 1.807) is 5.57 Å². The largest absolute Gasteiger partial charge is 0.299 e. The van der Waals surface area contributed by atoms with Gasteiger partial charge in [0.05, 0.1) is 0 Å². The number of aromatic nitrogens is 1. The number of hydrogen-bond acceptors (Lipinski definition) is 3. The molecular formula is C34H37NO2. The molecule has 5 aliphatic carbocycles. The molecule has 1 aromatic heterocycles. The minimum atomic E-state index is -0.221. The summed E-state index contributed by atoms with van der Waals surface area (Å²) >= 11 is 0. The third kappa shape index (κ3) is 3.49. The molecule has 3 fully saturated rings. The summed E-state index contributed by atoms with van der Waals surface area (Å²) in [4.78, 5) is 30.4. The van der Waals surface area contributed by atoms with Gasteiger partial charge in [-0.2, -0.15) is 0 Å². The van der Waals surface area contributed by atoms with Gasteiger partial charge in [-0.25, -0.2) is 0 Å². The number of Topliss-reactive ketones (excluding diaryl/α,β-unsaturated/α-hetero) is 1. The van der Waals surface area contributed by atoms with Crippen molar-refractivity contribution in [2.24, 2.45) is 28.6 Å². The molecule has 0 spiro atoms. The van der Waals surface area contributed by atoms with Crippen molar-refractivity contribution >= 4 is 11.6 Å². The number of allylic oxidation sites excluding steroid dienone is 4. The van der Waals surface area contributed by atoms with Gasteiger partial charge in [-0.1, -0.05) is 49.8 Å². The predicted octanol–water partition coefficient (Wildman–Crippen LogP) is 7.63. The second kappa shape index (κ2) is 8.35. The zero-order valence-corrected chi connectivity index (χ0v) is 22.1. The topological polar surface area (TPSA) is 47.0 Å². The second-order valence-electron chi connectivity index (χ2n) is 12.9. The van der Waals surface area contributed by atoms with E-state index >= 15 is 0 Å². The molecule has 0 N–H and O–H groups in total. The lowest BCUT2D eigenvalue weighted by Crippen LogP contribution is -2.50. The lowest BCUT2D eigenvalue weighted by Gasteiger charge is -2.55. The highest BCUT2D eigenvalue weighted by Gasteiger charge is 2.65. The fraction of sp³-hybridized carbons (Fsp3) is 0.500. The Morgan fingerprint density at radius 1 is 0.946 bits per heavy atom. The third-order valence-corrected chi connectivity index (χ3v) is 11.1. The van der Waals surface area contributed by atoms with E-state index in [0.29, 0.717) is 41.7 Å². The number of hydrogen-bond donors (Lipinski definition) is 0. The van der Waals surface area contributed by atoms with Gasteiger partial charge < -0.3 is 0 Å². The van der Waals surface area contributed by atoms with Gasteiger partial charge in [0.2, 0.25) is 0 Å². The molecule has 7 rings (SSSR count). The number of pyridine rings is 1. The summed E-state index contributed by atoms with van der Waals surface area (Å²) in [6, 6.07) is 13.2. The highest BCUT2D eigenvalue weighted by Crippen LogP contribution is 2.70. The smallest absolute Gasteiger partial charge is 0.156 e. The first-order valence-corrected chi connectivity index (χ1v) is 14.4. The standard InChI is InChI=1S/C34H37NO2/c1-33(32(37)23-9-10-23)16-15-30-28-13-11-24-18-26(36)12-14-27(24)31(28)29(19-34(30,33)2)22-7-5-21(6-8-22)25-4-3-17-35-20-25/h3-8,17-18,20,23,28-30H,9-16,19H2,1-2H3/t28-,29+,30-,33+,34-/m0/s1. The van der Waals surface area contributed by atoms with Crippen LogP contribution in [0.2, 0.25) is 0 Å². The Hall–Kier alpha value is -2.81. The molecular weight excluding hydrogens is 454 g/mol. The fourth-order valence-electron chi connectivity index (χ4n) is 8.84. The highest BCUT2D eigenvalue weighted by atomic mass is 16.1.